The third-order valence-corrected chi connectivity index (χ3v) is 6.81. The highest BCUT2D eigenvalue weighted by molar-refractivity contribution is 7.90. The molecule has 1 fully saturated rings. The molecular formula is C22H29N5O5S. The number of amides is 1. The first-order chi connectivity index (χ1) is 15.7. The number of sulfone groups is 1. The van der Waals surface area contributed by atoms with E-state index >= 15 is 0 Å². The maximum atomic E-state index is 12.2. The number of nitrogens with zero attached hydrogens (tertiary/aromatic N) is 4. The van der Waals surface area contributed by atoms with Crippen LogP contribution in [0.2, 0.25) is 0 Å². The second-order valence-corrected chi connectivity index (χ2v) is 10.5. The minimum absolute atomic E-state index is 0.133. The summed E-state index contributed by atoms with van der Waals surface area (Å²) < 4.78 is 34.6. The van der Waals surface area contributed by atoms with Crippen molar-refractivity contribution in [2.75, 3.05) is 42.7 Å². The normalized spacial score (nSPS) is 16.8. The summed E-state index contributed by atoms with van der Waals surface area (Å²) in [5.74, 6) is 1.81. The zero-order valence-electron chi connectivity index (χ0n) is 19.0. The average molecular weight is 476 g/mol. The smallest absolute Gasteiger partial charge is 0.410 e. The molecule has 0 radical (unpaired) electrons. The van der Waals surface area contributed by atoms with E-state index in [1.54, 1.807) is 29.2 Å². The highest BCUT2D eigenvalue weighted by Gasteiger charge is 2.33. The molecule has 1 N–H and O–H groups in total. The molecule has 0 spiro atoms. The van der Waals surface area contributed by atoms with Gasteiger partial charge in [0.25, 0.3) is 0 Å². The van der Waals surface area contributed by atoms with Gasteiger partial charge in [-0.05, 0) is 51.0 Å². The van der Waals surface area contributed by atoms with Crippen molar-refractivity contribution in [2.45, 2.75) is 43.7 Å². The summed E-state index contributed by atoms with van der Waals surface area (Å²) >= 11 is 0. The number of rotatable bonds is 5. The van der Waals surface area contributed by atoms with Crippen molar-refractivity contribution in [3.05, 3.63) is 30.6 Å². The number of hydrogen-bond acceptors (Lipinski definition) is 9. The molecule has 2 aliphatic rings. The van der Waals surface area contributed by atoms with Crippen LogP contribution < -0.4 is 15.0 Å². The molecule has 178 valence electrons. The van der Waals surface area contributed by atoms with Crippen LogP contribution >= 0.6 is 0 Å². The zero-order chi connectivity index (χ0) is 23.6. The molecule has 4 rings (SSSR count). The van der Waals surface area contributed by atoms with E-state index in [2.05, 4.69) is 20.2 Å². The fourth-order valence-electron chi connectivity index (χ4n) is 4.06. The summed E-state index contributed by atoms with van der Waals surface area (Å²) in [6, 6.07) is 6.72. The molecule has 1 aromatic carbocycles. The standard InChI is InChI=1S/C22H29N5O5S/c1-15(2)32-22(28)26-10-8-17(9-11-26)27-12-13-31-19-20(23-14-24-21(19)27)25-16-4-6-18(7-5-16)33(3,29)30/h4-7,14-15,17H,8-13H2,1-3H3,(H,23,24,25). The molecule has 0 saturated carbocycles. The van der Waals surface area contributed by atoms with Crippen molar-refractivity contribution in [1.82, 2.24) is 14.9 Å². The SMILES string of the molecule is CC(C)OC(=O)N1CCC(N2CCOc3c(Nc4ccc(S(C)(=O)=O)cc4)ncnc32)CC1. The van der Waals surface area contributed by atoms with Crippen LogP contribution in [0, 0.1) is 0 Å². The molecule has 2 aromatic rings. The third kappa shape index (κ3) is 5.29. The number of ether oxygens (including phenoxy) is 2. The first kappa shape index (κ1) is 23.1. The molecule has 0 bridgehead atoms. The Balaban J connectivity index is 1.47. The van der Waals surface area contributed by atoms with Gasteiger partial charge in [0.15, 0.2) is 21.5 Å². The fourth-order valence-corrected chi connectivity index (χ4v) is 4.69. The van der Waals surface area contributed by atoms with E-state index in [9.17, 15) is 13.2 Å². The fraction of sp³-hybridized carbons (Fsp3) is 0.500. The van der Waals surface area contributed by atoms with Crippen LogP contribution in [0.3, 0.4) is 0 Å². The van der Waals surface area contributed by atoms with Crippen LogP contribution in [0.15, 0.2) is 35.5 Å². The second-order valence-electron chi connectivity index (χ2n) is 8.49. The molecule has 10 nitrogen and oxygen atoms in total. The minimum Gasteiger partial charge on any atom is -0.485 e. The lowest BCUT2D eigenvalue weighted by atomic mass is 10.0. The number of likely N-dealkylation sites (tertiary alicyclic amines) is 1. The topological polar surface area (TPSA) is 114 Å². The maximum Gasteiger partial charge on any atom is 0.410 e. The van der Waals surface area contributed by atoms with Crippen molar-refractivity contribution >= 4 is 33.3 Å². The van der Waals surface area contributed by atoms with Crippen LogP contribution in [0.25, 0.3) is 0 Å². The Hall–Kier alpha value is -3.08. The van der Waals surface area contributed by atoms with Crippen LogP contribution in [0.5, 0.6) is 5.75 Å². The number of hydrogen-bond donors (Lipinski definition) is 1. The van der Waals surface area contributed by atoms with Crippen LogP contribution in [0.1, 0.15) is 26.7 Å². The Kier molecular flexibility index (Phi) is 6.59. The lowest BCUT2D eigenvalue weighted by molar-refractivity contribution is 0.0687. The zero-order valence-corrected chi connectivity index (χ0v) is 19.8. The molecule has 0 unspecified atom stereocenters. The largest absolute Gasteiger partial charge is 0.485 e. The van der Waals surface area contributed by atoms with E-state index in [0.717, 1.165) is 18.7 Å². The molecule has 0 atom stereocenters. The minimum atomic E-state index is -3.26. The summed E-state index contributed by atoms with van der Waals surface area (Å²) in [5, 5.41) is 3.21. The summed E-state index contributed by atoms with van der Waals surface area (Å²) in [6.07, 6.45) is 3.89. The van der Waals surface area contributed by atoms with Gasteiger partial charge >= 0.3 is 6.09 Å². The van der Waals surface area contributed by atoms with E-state index in [4.69, 9.17) is 9.47 Å². The van der Waals surface area contributed by atoms with E-state index < -0.39 is 9.84 Å². The first-order valence-electron chi connectivity index (χ1n) is 11.0. The number of fused-ring (bicyclic) bond motifs is 1. The molecule has 2 aliphatic heterocycles. The summed E-state index contributed by atoms with van der Waals surface area (Å²) in [5.41, 5.74) is 0.695. The number of anilines is 3. The van der Waals surface area contributed by atoms with E-state index in [0.29, 0.717) is 43.5 Å². The molecular weight excluding hydrogens is 446 g/mol. The second kappa shape index (κ2) is 9.42. The van der Waals surface area contributed by atoms with E-state index in [-0.39, 0.29) is 23.1 Å². The van der Waals surface area contributed by atoms with Crippen LogP contribution in [-0.2, 0) is 14.6 Å². The van der Waals surface area contributed by atoms with Gasteiger partial charge in [0, 0.05) is 31.1 Å². The summed E-state index contributed by atoms with van der Waals surface area (Å²) in [6.45, 7) is 6.16. The molecule has 0 aliphatic carbocycles. The van der Waals surface area contributed by atoms with Crippen LogP contribution in [0.4, 0.5) is 22.1 Å². The van der Waals surface area contributed by atoms with Gasteiger partial charge in [-0.15, -0.1) is 0 Å². The summed E-state index contributed by atoms with van der Waals surface area (Å²) in [4.78, 5) is 25.2. The number of piperidine rings is 1. The van der Waals surface area contributed by atoms with Gasteiger partial charge in [0.1, 0.15) is 12.9 Å². The lowest BCUT2D eigenvalue weighted by Gasteiger charge is -2.41. The van der Waals surface area contributed by atoms with Gasteiger partial charge < -0.3 is 24.6 Å². The van der Waals surface area contributed by atoms with Gasteiger partial charge in [0.2, 0.25) is 5.75 Å². The molecule has 1 amide bonds. The van der Waals surface area contributed by atoms with Gasteiger partial charge in [-0.25, -0.2) is 23.2 Å². The molecule has 3 heterocycles. The Labute approximate surface area is 193 Å². The number of aromatic nitrogens is 2. The van der Waals surface area contributed by atoms with Gasteiger partial charge in [-0.1, -0.05) is 0 Å². The van der Waals surface area contributed by atoms with Gasteiger partial charge in [0.05, 0.1) is 17.5 Å². The van der Waals surface area contributed by atoms with Crippen molar-refractivity contribution in [1.29, 1.82) is 0 Å². The summed E-state index contributed by atoms with van der Waals surface area (Å²) in [7, 11) is -3.26. The lowest BCUT2D eigenvalue weighted by Crippen LogP contribution is -2.49. The predicted molar refractivity (Wildman–Crippen MR) is 124 cm³/mol. The Morgan fingerprint density at radius 2 is 1.85 bits per heavy atom. The van der Waals surface area contributed by atoms with Crippen molar-refractivity contribution in [2.24, 2.45) is 0 Å². The molecule has 33 heavy (non-hydrogen) atoms. The molecule has 1 aromatic heterocycles. The third-order valence-electron chi connectivity index (χ3n) is 5.68. The maximum absolute atomic E-state index is 12.2. The van der Waals surface area contributed by atoms with Gasteiger partial charge in [-0.2, -0.15) is 0 Å². The average Bonchev–Trinajstić information content (AvgIpc) is 2.78. The van der Waals surface area contributed by atoms with E-state index in [1.807, 2.05) is 13.8 Å². The molecule has 1 saturated heterocycles. The van der Waals surface area contributed by atoms with Crippen molar-refractivity contribution < 1.29 is 22.7 Å². The Bertz CT molecular complexity index is 1100. The molecule has 11 heteroatoms. The first-order valence-corrected chi connectivity index (χ1v) is 12.9. The monoisotopic (exact) mass is 475 g/mol. The van der Waals surface area contributed by atoms with Crippen molar-refractivity contribution in [3.63, 3.8) is 0 Å². The highest BCUT2D eigenvalue weighted by atomic mass is 32.2. The Morgan fingerprint density at radius 1 is 1.15 bits per heavy atom. The van der Waals surface area contributed by atoms with Gasteiger partial charge in [-0.3, -0.25) is 0 Å². The number of carbonyl (C=O) groups is 1. The van der Waals surface area contributed by atoms with Crippen molar-refractivity contribution in [3.8, 4) is 5.75 Å². The Morgan fingerprint density at radius 3 is 2.48 bits per heavy atom. The van der Waals surface area contributed by atoms with E-state index in [1.165, 1.54) is 12.6 Å². The predicted octanol–water partition coefficient (Wildman–Crippen LogP) is 2.83. The number of carbonyl (C=O) groups excluding carboxylic acids is 1. The highest BCUT2D eigenvalue weighted by Crippen LogP contribution is 2.38. The number of benzene rings is 1. The quantitative estimate of drug-likeness (QED) is 0.697. The number of nitrogens with one attached hydrogen (secondary N) is 1. The van der Waals surface area contributed by atoms with Crippen LogP contribution in [-0.4, -0.2) is 74.0 Å².